The molecule has 0 radical (unpaired) electrons. The molecule has 0 unspecified atom stereocenters. The van der Waals surface area contributed by atoms with E-state index in [0.717, 1.165) is 36.1 Å². The Morgan fingerprint density at radius 2 is 1.40 bits per heavy atom. The first kappa shape index (κ1) is 19.7. The maximum absolute atomic E-state index is 13.2. The summed E-state index contributed by atoms with van der Waals surface area (Å²) in [6.07, 6.45) is 12.1. The molecule has 4 fully saturated rings. The van der Waals surface area contributed by atoms with Gasteiger partial charge in [-0.05, 0) is 91.7 Å². The standard InChI is InChI=1S/C25H27NO3S/c1-2-11-29-23-7-3-21(4-8-23)22-5-9-24(10-6-22)30(27,28)26-25-15-18-12-19(16-25)14-20(13-18)17-25/h1,3-10,18-20,26H,11-17H2. The topological polar surface area (TPSA) is 55.4 Å². The van der Waals surface area contributed by atoms with Crippen LogP contribution in [0.25, 0.3) is 11.1 Å². The average Bonchev–Trinajstić information content (AvgIpc) is 2.71. The summed E-state index contributed by atoms with van der Waals surface area (Å²) in [6, 6.07) is 14.8. The molecule has 1 N–H and O–H groups in total. The highest BCUT2D eigenvalue weighted by molar-refractivity contribution is 7.89. The Kier molecular flexibility index (Phi) is 4.88. The van der Waals surface area contributed by atoms with Crippen LogP contribution in [0.2, 0.25) is 0 Å². The second kappa shape index (κ2) is 7.44. The van der Waals surface area contributed by atoms with E-state index in [4.69, 9.17) is 11.2 Å². The van der Waals surface area contributed by atoms with E-state index < -0.39 is 10.0 Å². The molecular weight excluding hydrogens is 394 g/mol. The van der Waals surface area contributed by atoms with E-state index in [1.807, 2.05) is 36.4 Å². The van der Waals surface area contributed by atoms with Crippen molar-refractivity contribution in [2.75, 3.05) is 6.61 Å². The smallest absolute Gasteiger partial charge is 0.241 e. The minimum Gasteiger partial charge on any atom is -0.481 e. The number of sulfonamides is 1. The van der Waals surface area contributed by atoms with Crippen molar-refractivity contribution in [3.8, 4) is 29.2 Å². The van der Waals surface area contributed by atoms with Gasteiger partial charge in [-0.1, -0.05) is 30.2 Å². The first-order valence-corrected chi connectivity index (χ1v) is 12.2. The molecule has 30 heavy (non-hydrogen) atoms. The Labute approximate surface area is 179 Å². The maximum Gasteiger partial charge on any atom is 0.241 e. The first-order valence-electron chi connectivity index (χ1n) is 10.8. The van der Waals surface area contributed by atoms with Crippen LogP contribution < -0.4 is 9.46 Å². The van der Waals surface area contributed by atoms with Gasteiger partial charge in [0.1, 0.15) is 12.4 Å². The Morgan fingerprint density at radius 3 is 1.90 bits per heavy atom. The third-order valence-electron chi connectivity index (χ3n) is 7.06. The molecule has 0 aliphatic heterocycles. The van der Waals surface area contributed by atoms with Gasteiger partial charge in [-0.15, -0.1) is 6.42 Å². The van der Waals surface area contributed by atoms with Gasteiger partial charge in [0.25, 0.3) is 0 Å². The van der Waals surface area contributed by atoms with Crippen molar-refractivity contribution in [3.05, 3.63) is 48.5 Å². The molecule has 0 heterocycles. The molecule has 2 aromatic rings. The predicted molar refractivity (Wildman–Crippen MR) is 117 cm³/mol. The van der Waals surface area contributed by atoms with Crippen LogP contribution in [0.1, 0.15) is 38.5 Å². The summed E-state index contributed by atoms with van der Waals surface area (Å²) >= 11 is 0. The summed E-state index contributed by atoms with van der Waals surface area (Å²) in [5.41, 5.74) is 1.74. The van der Waals surface area contributed by atoms with Crippen LogP contribution in [0.15, 0.2) is 53.4 Å². The molecule has 4 saturated carbocycles. The van der Waals surface area contributed by atoms with Crippen molar-refractivity contribution in [2.24, 2.45) is 17.8 Å². The van der Waals surface area contributed by atoms with Crippen LogP contribution in [0.3, 0.4) is 0 Å². The van der Waals surface area contributed by atoms with Crippen LogP contribution in [0.5, 0.6) is 5.75 Å². The van der Waals surface area contributed by atoms with Crippen molar-refractivity contribution < 1.29 is 13.2 Å². The Bertz CT molecular complexity index is 1030. The molecule has 4 aliphatic rings. The summed E-state index contributed by atoms with van der Waals surface area (Å²) in [5, 5.41) is 0. The second-order valence-electron chi connectivity index (χ2n) is 9.34. The SMILES string of the molecule is C#CCOc1ccc(-c2ccc(S(=O)(=O)NC34CC5CC(CC(C5)C3)C4)cc2)cc1. The van der Waals surface area contributed by atoms with Gasteiger partial charge in [-0.2, -0.15) is 0 Å². The monoisotopic (exact) mass is 421 g/mol. The Hall–Kier alpha value is -2.29. The molecule has 0 spiro atoms. The third kappa shape index (κ3) is 3.75. The predicted octanol–water partition coefficient (Wildman–Crippen LogP) is 4.61. The number of ether oxygens (including phenoxy) is 1. The molecule has 156 valence electrons. The van der Waals surface area contributed by atoms with E-state index in [0.29, 0.717) is 22.6 Å². The van der Waals surface area contributed by atoms with Crippen molar-refractivity contribution in [1.29, 1.82) is 0 Å². The van der Waals surface area contributed by atoms with E-state index >= 15 is 0 Å². The number of hydrogen-bond acceptors (Lipinski definition) is 3. The molecule has 0 amide bonds. The summed E-state index contributed by atoms with van der Waals surface area (Å²) in [6.45, 7) is 0.239. The van der Waals surface area contributed by atoms with Crippen LogP contribution >= 0.6 is 0 Å². The molecule has 0 atom stereocenters. The van der Waals surface area contributed by atoms with E-state index in [9.17, 15) is 8.42 Å². The fraction of sp³-hybridized carbons (Fsp3) is 0.440. The van der Waals surface area contributed by atoms with E-state index in [1.165, 1.54) is 19.3 Å². The van der Waals surface area contributed by atoms with Gasteiger partial charge in [-0.3, -0.25) is 0 Å². The molecular formula is C25H27NO3S. The molecule has 5 heteroatoms. The highest BCUT2D eigenvalue weighted by Gasteiger charge is 2.52. The van der Waals surface area contributed by atoms with Gasteiger partial charge in [-0.25, -0.2) is 13.1 Å². The van der Waals surface area contributed by atoms with Gasteiger partial charge in [0.2, 0.25) is 10.0 Å². The minimum atomic E-state index is -3.53. The zero-order valence-corrected chi connectivity index (χ0v) is 17.8. The number of hydrogen-bond donors (Lipinski definition) is 1. The molecule has 4 aliphatic carbocycles. The van der Waals surface area contributed by atoms with Crippen LogP contribution in [0, 0.1) is 30.1 Å². The fourth-order valence-corrected chi connectivity index (χ4v) is 7.71. The van der Waals surface area contributed by atoms with Gasteiger partial charge in [0.05, 0.1) is 4.90 Å². The lowest BCUT2D eigenvalue weighted by atomic mass is 9.53. The van der Waals surface area contributed by atoms with E-state index in [-0.39, 0.29) is 12.1 Å². The lowest BCUT2D eigenvalue weighted by Gasteiger charge is -2.56. The number of benzene rings is 2. The maximum atomic E-state index is 13.2. The Morgan fingerprint density at radius 1 is 0.900 bits per heavy atom. The van der Waals surface area contributed by atoms with Crippen molar-refractivity contribution in [2.45, 2.75) is 49.0 Å². The summed E-state index contributed by atoms with van der Waals surface area (Å²) in [5.74, 6) is 5.27. The number of terminal acetylenes is 1. The van der Waals surface area contributed by atoms with Gasteiger partial charge in [0.15, 0.2) is 0 Å². The molecule has 4 nitrogen and oxygen atoms in total. The van der Waals surface area contributed by atoms with Crippen LogP contribution in [-0.4, -0.2) is 20.6 Å². The average molecular weight is 422 g/mol. The highest BCUT2D eigenvalue weighted by Crippen LogP contribution is 2.56. The fourth-order valence-electron chi connectivity index (χ4n) is 6.27. The molecule has 0 aromatic heterocycles. The quantitative estimate of drug-likeness (QED) is 0.693. The van der Waals surface area contributed by atoms with Crippen molar-refractivity contribution in [1.82, 2.24) is 4.72 Å². The number of nitrogens with one attached hydrogen (secondary N) is 1. The zero-order chi connectivity index (χ0) is 20.8. The summed E-state index contributed by atoms with van der Waals surface area (Å²) < 4.78 is 34.9. The highest BCUT2D eigenvalue weighted by atomic mass is 32.2. The lowest BCUT2D eigenvalue weighted by molar-refractivity contribution is -0.00810. The lowest BCUT2D eigenvalue weighted by Crippen LogP contribution is -2.59. The van der Waals surface area contributed by atoms with Gasteiger partial charge < -0.3 is 4.74 Å². The molecule has 4 bridgehead atoms. The van der Waals surface area contributed by atoms with E-state index in [2.05, 4.69) is 10.6 Å². The largest absolute Gasteiger partial charge is 0.481 e. The summed E-state index contributed by atoms with van der Waals surface area (Å²) in [7, 11) is -3.53. The van der Waals surface area contributed by atoms with Crippen molar-refractivity contribution >= 4 is 10.0 Å². The van der Waals surface area contributed by atoms with Gasteiger partial charge >= 0.3 is 0 Å². The Balaban J connectivity index is 1.32. The molecule has 6 rings (SSSR count). The van der Waals surface area contributed by atoms with Crippen molar-refractivity contribution in [3.63, 3.8) is 0 Å². The summed E-state index contributed by atoms with van der Waals surface area (Å²) in [4.78, 5) is 0.343. The van der Waals surface area contributed by atoms with E-state index in [1.54, 1.807) is 12.1 Å². The molecule has 0 saturated heterocycles. The normalized spacial score (nSPS) is 29.5. The third-order valence-corrected chi connectivity index (χ3v) is 8.66. The van der Waals surface area contributed by atoms with Crippen LogP contribution in [0.4, 0.5) is 0 Å². The second-order valence-corrected chi connectivity index (χ2v) is 11.0. The molecule has 2 aromatic carbocycles. The van der Waals surface area contributed by atoms with Crippen LogP contribution in [-0.2, 0) is 10.0 Å². The zero-order valence-electron chi connectivity index (χ0n) is 17.0. The first-order chi connectivity index (χ1) is 14.4. The number of rotatable bonds is 6. The minimum absolute atomic E-state index is 0.222. The van der Waals surface area contributed by atoms with Gasteiger partial charge in [0, 0.05) is 5.54 Å².